The lowest BCUT2D eigenvalue weighted by Crippen LogP contribution is -2.52. The molecule has 4 rings (SSSR count). The van der Waals surface area contributed by atoms with E-state index in [0.717, 1.165) is 49.1 Å². The molecule has 4 heterocycles. The van der Waals surface area contributed by atoms with Crippen molar-refractivity contribution in [1.82, 2.24) is 30.0 Å². The van der Waals surface area contributed by atoms with E-state index in [1.807, 2.05) is 25.1 Å². The second kappa shape index (κ2) is 9.92. The van der Waals surface area contributed by atoms with E-state index in [-0.39, 0.29) is 0 Å². The number of fused-ring (bicyclic) bond motifs is 1. The Morgan fingerprint density at radius 3 is 2.66 bits per heavy atom. The van der Waals surface area contributed by atoms with Gasteiger partial charge in [-0.05, 0) is 44.7 Å². The van der Waals surface area contributed by atoms with Crippen LogP contribution in [-0.2, 0) is 0 Å². The molecular weight excluding hydrogens is 402 g/mol. The average molecular weight is 434 g/mol. The molecule has 1 aliphatic rings. The zero-order valence-corrected chi connectivity index (χ0v) is 19.0. The van der Waals surface area contributed by atoms with Crippen molar-refractivity contribution < 1.29 is 0 Å². The van der Waals surface area contributed by atoms with Crippen LogP contribution in [-0.4, -0.2) is 54.7 Å². The van der Waals surface area contributed by atoms with Crippen molar-refractivity contribution in [1.29, 1.82) is 5.26 Å². The fourth-order valence-corrected chi connectivity index (χ4v) is 4.70. The molecule has 0 bridgehead atoms. The Morgan fingerprint density at radius 2 is 2.00 bits per heavy atom. The number of aryl methyl sites for hydroxylation is 1. The minimum atomic E-state index is 0.294. The molecule has 0 aliphatic carbocycles. The maximum Gasteiger partial charge on any atom is 0.232 e. The summed E-state index contributed by atoms with van der Waals surface area (Å²) in [7, 11) is 0. The van der Waals surface area contributed by atoms with Gasteiger partial charge in [0.05, 0.1) is 11.5 Å². The molecule has 0 aromatic carbocycles. The van der Waals surface area contributed by atoms with Crippen LogP contribution in [0.2, 0.25) is 0 Å². The van der Waals surface area contributed by atoms with Gasteiger partial charge in [0.2, 0.25) is 5.95 Å². The average Bonchev–Trinajstić information content (AvgIpc) is 3.21. The second-order valence-electron chi connectivity index (χ2n) is 8.41. The topological polar surface area (TPSA) is 118 Å². The molecule has 2 atom stereocenters. The van der Waals surface area contributed by atoms with E-state index in [0.29, 0.717) is 42.0 Å². The predicted octanol–water partition coefficient (Wildman–Crippen LogP) is 4.15. The number of aromatic amines is 1. The Bertz CT molecular complexity index is 1070. The molecule has 3 aromatic rings. The number of pyridine rings is 1. The summed E-state index contributed by atoms with van der Waals surface area (Å²) in [6, 6.07) is 9.34. The summed E-state index contributed by atoms with van der Waals surface area (Å²) in [6.07, 6.45) is 6.50. The third kappa shape index (κ3) is 4.81. The molecule has 32 heavy (non-hydrogen) atoms. The number of likely N-dealkylation sites (tertiary alicyclic amines) is 1. The molecule has 3 N–H and O–H groups in total. The standard InChI is InChI=1S/C23H31N9/c1-4-17-13-16(14-18(5-2)32(17)11-7-9-24)26-22-19-8-6-10-25-21(19)28-23(29-22)27-20-12-15(3)30-31-20/h6,8,10,12,16-18H,4-5,7,11,13-14H2,1-3H3,(H3,25,26,27,28,29,30,31). The summed E-state index contributed by atoms with van der Waals surface area (Å²) < 4.78 is 0. The summed E-state index contributed by atoms with van der Waals surface area (Å²) in [5.41, 5.74) is 1.61. The van der Waals surface area contributed by atoms with Gasteiger partial charge >= 0.3 is 0 Å². The number of H-pyrrole nitrogens is 1. The molecule has 1 saturated heterocycles. The van der Waals surface area contributed by atoms with Crippen molar-refractivity contribution in [2.45, 2.75) is 71.0 Å². The summed E-state index contributed by atoms with van der Waals surface area (Å²) in [6.45, 7) is 7.26. The van der Waals surface area contributed by atoms with Crippen LogP contribution in [0.3, 0.4) is 0 Å². The molecular formula is C23H31N9. The number of hydrogen-bond donors (Lipinski definition) is 3. The highest BCUT2D eigenvalue weighted by atomic mass is 15.3. The van der Waals surface area contributed by atoms with Gasteiger partial charge < -0.3 is 10.6 Å². The van der Waals surface area contributed by atoms with Crippen LogP contribution < -0.4 is 10.6 Å². The fraction of sp³-hybridized carbons (Fsp3) is 0.522. The van der Waals surface area contributed by atoms with Crippen LogP contribution in [0.25, 0.3) is 11.0 Å². The Kier molecular flexibility index (Phi) is 6.81. The lowest BCUT2D eigenvalue weighted by molar-refractivity contribution is 0.0735. The zero-order valence-electron chi connectivity index (χ0n) is 19.0. The fourth-order valence-electron chi connectivity index (χ4n) is 4.70. The highest BCUT2D eigenvalue weighted by Gasteiger charge is 2.34. The molecule has 0 amide bonds. The lowest BCUT2D eigenvalue weighted by atomic mass is 9.88. The maximum atomic E-state index is 9.07. The Morgan fingerprint density at radius 1 is 1.22 bits per heavy atom. The van der Waals surface area contributed by atoms with Gasteiger partial charge in [0, 0.05) is 49.0 Å². The highest BCUT2D eigenvalue weighted by molar-refractivity contribution is 5.87. The number of hydrogen-bond acceptors (Lipinski definition) is 8. The minimum absolute atomic E-state index is 0.294. The molecule has 1 aliphatic heterocycles. The number of piperidine rings is 1. The quantitative estimate of drug-likeness (QED) is 0.485. The van der Waals surface area contributed by atoms with Gasteiger partial charge in [-0.2, -0.15) is 20.3 Å². The van der Waals surface area contributed by atoms with E-state index in [9.17, 15) is 0 Å². The molecule has 0 spiro atoms. The van der Waals surface area contributed by atoms with Crippen LogP contribution in [0.1, 0.15) is 51.6 Å². The van der Waals surface area contributed by atoms with Crippen LogP contribution >= 0.6 is 0 Å². The maximum absolute atomic E-state index is 9.07. The highest BCUT2D eigenvalue weighted by Crippen LogP contribution is 2.31. The van der Waals surface area contributed by atoms with Crippen LogP contribution in [0, 0.1) is 18.3 Å². The van der Waals surface area contributed by atoms with Crippen molar-refractivity contribution >= 4 is 28.6 Å². The molecule has 3 aromatic heterocycles. The number of aromatic nitrogens is 5. The predicted molar refractivity (Wildman–Crippen MR) is 126 cm³/mol. The molecule has 9 heteroatoms. The minimum Gasteiger partial charge on any atom is -0.366 e. The summed E-state index contributed by atoms with van der Waals surface area (Å²) >= 11 is 0. The van der Waals surface area contributed by atoms with E-state index >= 15 is 0 Å². The first kappa shape index (κ1) is 22.0. The van der Waals surface area contributed by atoms with Gasteiger partial charge in [-0.3, -0.25) is 10.00 Å². The molecule has 168 valence electrons. The van der Waals surface area contributed by atoms with Gasteiger partial charge in [-0.1, -0.05) is 13.8 Å². The largest absolute Gasteiger partial charge is 0.366 e. The monoisotopic (exact) mass is 433 g/mol. The molecule has 2 unspecified atom stereocenters. The number of nitrogens with one attached hydrogen (secondary N) is 3. The number of anilines is 3. The van der Waals surface area contributed by atoms with Gasteiger partial charge in [-0.15, -0.1) is 0 Å². The van der Waals surface area contributed by atoms with Gasteiger partial charge in [-0.25, -0.2) is 4.98 Å². The summed E-state index contributed by atoms with van der Waals surface area (Å²) in [5, 5.41) is 24.0. The Balaban J connectivity index is 1.59. The van der Waals surface area contributed by atoms with Crippen molar-refractivity contribution in [2.24, 2.45) is 0 Å². The SMILES string of the molecule is CCC1CC(Nc2nc(Nc3cc(C)[nH]n3)nc3ncccc23)CC(CC)N1CCC#N. The summed E-state index contributed by atoms with van der Waals surface area (Å²) in [4.78, 5) is 16.3. The normalized spacial score (nSPS) is 21.4. The van der Waals surface area contributed by atoms with Crippen molar-refractivity contribution in [2.75, 3.05) is 17.2 Å². The van der Waals surface area contributed by atoms with Gasteiger partial charge in [0.15, 0.2) is 11.5 Å². The number of rotatable bonds is 8. The first-order valence-corrected chi connectivity index (χ1v) is 11.4. The lowest BCUT2D eigenvalue weighted by Gasteiger charge is -2.45. The van der Waals surface area contributed by atoms with Crippen molar-refractivity contribution in [3.05, 3.63) is 30.1 Å². The van der Waals surface area contributed by atoms with E-state index in [1.165, 1.54) is 0 Å². The van der Waals surface area contributed by atoms with Crippen LogP contribution in [0.4, 0.5) is 17.6 Å². The van der Waals surface area contributed by atoms with Crippen molar-refractivity contribution in [3.8, 4) is 6.07 Å². The number of nitriles is 1. The Labute approximate surface area is 188 Å². The zero-order chi connectivity index (χ0) is 22.5. The second-order valence-corrected chi connectivity index (χ2v) is 8.41. The molecule has 0 saturated carbocycles. The first-order valence-electron chi connectivity index (χ1n) is 11.4. The first-order chi connectivity index (χ1) is 15.6. The van der Waals surface area contributed by atoms with Crippen LogP contribution in [0.15, 0.2) is 24.4 Å². The van der Waals surface area contributed by atoms with E-state index in [2.05, 4.69) is 55.6 Å². The Hall–Kier alpha value is -3.25. The van der Waals surface area contributed by atoms with Gasteiger partial charge in [0.1, 0.15) is 5.82 Å². The van der Waals surface area contributed by atoms with E-state index in [1.54, 1.807) is 6.20 Å². The van der Waals surface area contributed by atoms with E-state index < -0.39 is 0 Å². The van der Waals surface area contributed by atoms with Gasteiger partial charge in [0.25, 0.3) is 0 Å². The molecule has 1 fully saturated rings. The van der Waals surface area contributed by atoms with Crippen molar-refractivity contribution in [3.63, 3.8) is 0 Å². The summed E-state index contributed by atoms with van der Waals surface area (Å²) in [5.74, 6) is 1.93. The smallest absolute Gasteiger partial charge is 0.232 e. The molecule has 9 nitrogen and oxygen atoms in total. The third-order valence-corrected chi connectivity index (χ3v) is 6.23. The van der Waals surface area contributed by atoms with Crippen LogP contribution in [0.5, 0.6) is 0 Å². The number of nitrogens with zero attached hydrogens (tertiary/aromatic N) is 6. The molecule has 0 radical (unpaired) electrons. The third-order valence-electron chi connectivity index (χ3n) is 6.23. The van der Waals surface area contributed by atoms with E-state index in [4.69, 9.17) is 10.2 Å².